The number of hydrogen-bond donors (Lipinski definition) is 1. The van der Waals surface area contributed by atoms with Gasteiger partial charge in [0.15, 0.2) is 17.3 Å². The van der Waals surface area contributed by atoms with Gasteiger partial charge < -0.3 is 19.5 Å². The van der Waals surface area contributed by atoms with Crippen molar-refractivity contribution in [1.29, 1.82) is 0 Å². The van der Waals surface area contributed by atoms with Gasteiger partial charge in [0.1, 0.15) is 0 Å². The molecule has 1 aliphatic heterocycles. The molecule has 0 aromatic heterocycles. The first kappa shape index (κ1) is 22.0. The van der Waals surface area contributed by atoms with Crippen molar-refractivity contribution in [3.05, 3.63) is 75.0 Å². The van der Waals surface area contributed by atoms with Gasteiger partial charge in [-0.2, -0.15) is 0 Å². The smallest absolute Gasteiger partial charge is 0.336 e. The summed E-state index contributed by atoms with van der Waals surface area (Å²) in [6.07, 6.45) is 0. The molecule has 0 saturated heterocycles. The zero-order valence-electron chi connectivity index (χ0n) is 18.4. The molecule has 1 aliphatic carbocycles. The average molecular weight is 454 g/mol. The summed E-state index contributed by atoms with van der Waals surface area (Å²) < 4.78 is 16.6. The predicted molar refractivity (Wildman–Crippen MR) is 122 cm³/mol. The zero-order valence-corrected chi connectivity index (χ0v) is 19.1. The fourth-order valence-electron chi connectivity index (χ4n) is 4.33. The molecular weight excluding hydrogens is 430 g/mol. The van der Waals surface area contributed by atoms with Crippen LogP contribution in [0.25, 0.3) is 5.70 Å². The second kappa shape index (κ2) is 8.71. The number of nitrogens with one attached hydrogen (secondary N) is 1. The third-order valence-corrected chi connectivity index (χ3v) is 5.96. The van der Waals surface area contributed by atoms with Crippen molar-refractivity contribution in [1.82, 2.24) is 5.32 Å². The van der Waals surface area contributed by atoms with E-state index in [1.807, 2.05) is 32.0 Å². The van der Waals surface area contributed by atoms with Gasteiger partial charge in [-0.1, -0.05) is 35.9 Å². The number of methoxy groups -OCH3 is 1. The van der Waals surface area contributed by atoms with Gasteiger partial charge in [-0.15, -0.1) is 0 Å². The molecule has 6 nitrogen and oxygen atoms in total. The number of Topliss-reactive ketones (excluding diaryl/α,β-unsaturated/α-hetero) is 1. The molecule has 1 N–H and O–H groups in total. The van der Waals surface area contributed by atoms with Gasteiger partial charge >= 0.3 is 5.97 Å². The van der Waals surface area contributed by atoms with Crippen molar-refractivity contribution in [3.8, 4) is 11.5 Å². The van der Waals surface area contributed by atoms with E-state index in [1.54, 1.807) is 25.1 Å². The van der Waals surface area contributed by atoms with E-state index < -0.39 is 11.9 Å². The highest BCUT2D eigenvalue weighted by molar-refractivity contribution is 6.32. The van der Waals surface area contributed by atoms with Gasteiger partial charge in [-0.3, -0.25) is 4.79 Å². The second-order valence-electron chi connectivity index (χ2n) is 7.44. The Kier molecular flexibility index (Phi) is 5.98. The molecular formula is C25H24ClNO5. The number of ether oxygens (including phenoxy) is 3. The van der Waals surface area contributed by atoms with E-state index in [4.69, 9.17) is 25.8 Å². The average Bonchev–Trinajstić information content (AvgIpc) is 3.06. The standard InChI is InChI=1S/C25H24ClNO5/c1-5-31-18-11-16(17(26)12-19(18)32-6-2)21-20(25(29)30-4)13(3)27-23-14-9-7-8-10-15(14)24(28)22(21)23/h7-12,21,27H,5-6H2,1-4H3/t21-/m0/s1. The van der Waals surface area contributed by atoms with E-state index in [0.717, 1.165) is 5.56 Å². The number of allylic oxidation sites excluding steroid dienone is 2. The Hall–Kier alpha value is -3.25. The number of carbonyl (C=O) groups is 2. The van der Waals surface area contributed by atoms with Gasteiger partial charge in [0, 0.05) is 33.5 Å². The van der Waals surface area contributed by atoms with Crippen LogP contribution >= 0.6 is 11.6 Å². The van der Waals surface area contributed by atoms with Crippen LogP contribution < -0.4 is 14.8 Å². The number of esters is 1. The molecule has 0 amide bonds. The molecule has 0 unspecified atom stereocenters. The van der Waals surface area contributed by atoms with Crippen LogP contribution in [0, 0.1) is 0 Å². The first-order valence-electron chi connectivity index (χ1n) is 10.5. The molecule has 32 heavy (non-hydrogen) atoms. The molecule has 2 aromatic carbocycles. The Morgan fingerprint density at radius 1 is 1.06 bits per heavy atom. The Morgan fingerprint density at radius 2 is 1.69 bits per heavy atom. The number of halogens is 1. The number of carbonyl (C=O) groups excluding carboxylic acids is 2. The molecule has 2 aliphatic rings. The summed E-state index contributed by atoms with van der Waals surface area (Å²) in [7, 11) is 1.32. The molecule has 1 heterocycles. The Bertz CT molecular complexity index is 1180. The lowest BCUT2D eigenvalue weighted by atomic mass is 9.79. The first-order chi connectivity index (χ1) is 15.4. The van der Waals surface area contributed by atoms with E-state index in [2.05, 4.69) is 5.32 Å². The third-order valence-electron chi connectivity index (χ3n) is 5.63. The van der Waals surface area contributed by atoms with Crippen molar-refractivity contribution in [2.24, 2.45) is 0 Å². The van der Waals surface area contributed by atoms with Crippen molar-refractivity contribution in [3.63, 3.8) is 0 Å². The summed E-state index contributed by atoms with van der Waals surface area (Å²) in [5.41, 5.74) is 4.05. The largest absolute Gasteiger partial charge is 0.490 e. The molecule has 2 aromatic rings. The SMILES string of the molecule is CCOc1cc(Cl)c([C@H]2C(C(=O)OC)=C(C)NC3=C2C(=O)c2ccccc23)cc1OCC. The fourth-order valence-corrected chi connectivity index (χ4v) is 4.59. The monoisotopic (exact) mass is 453 g/mol. The topological polar surface area (TPSA) is 73.9 Å². The van der Waals surface area contributed by atoms with E-state index in [-0.39, 0.29) is 5.78 Å². The predicted octanol–water partition coefficient (Wildman–Crippen LogP) is 4.88. The first-order valence-corrected chi connectivity index (χ1v) is 10.8. The second-order valence-corrected chi connectivity index (χ2v) is 7.85. The van der Waals surface area contributed by atoms with Crippen LogP contribution in [-0.4, -0.2) is 32.1 Å². The lowest BCUT2D eigenvalue weighted by Gasteiger charge is -2.30. The molecule has 4 rings (SSSR count). The number of hydrogen-bond acceptors (Lipinski definition) is 6. The fraction of sp³-hybridized carbons (Fsp3) is 0.280. The summed E-state index contributed by atoms with van der Waals surface area (Å²) in [6.45, 7) is 6.40. The molecule has 0 spiro atoms. The Balaban J connectivity index is 1.97. The highest BCUT2D eigenvalue weighted by atomic mass is 35.5. The van der Waals surface area contributed by atoms with Gasteiger partial charge in [0.05, 0.1) is 37.5 Å². The van der Waals surface area contributed by atoms with Gasteiger partial charge in [0.25, 0.3) is 0 Å². The van der Waals surface area contributed by atoms with Crippen LogP contribution in [0.4, 0.5) is 0 Å². The summed E-state index contributed by atoms with van der Waals surface area (Å²) in [5, 5.41) is 3.63. The van der Waals surface area contributed by atoms with Crippen LogP contribution in [0.1, 0.15) is 48.2 Å². The van der Waals surface area contributed by atoms with Crippen LogP contribution in [-0.2, 0) is 9.53 Å². The number of rotatable bonds is 6. The van der Waals surface area contributed by atoms with Gasteiger partial charge in [-0.25, -0.2) is 4.79 Å². The maximum atomic E-state index is 13.5. The molecule has 1 atom stereocenters. The summed E-state index contributed by atoms with van der Waals surface area (Å²) in [4.78, 5) is 26.4. The molecule has 7 heteroatoms. The van der Waals surface area contributed by atoms with E-state index >= 15 is 0 Å². The molecule has 0 fully saturated rings. The summed E-state index contributed by atoms with van der Waals surface area (Å²) >= 11 is 6.72. The highest BCUT2D eigenvalue weighted by Crippen LogP contribution is 2.49. The number of ketones is 1. The van der Waals surface area contributed by atoms with Gasteiger partial charge in [0.2, 0.25) is 0 Å². The number of fused-ring (bicyclic) bond motifs is 2. The Labute approximate surface area is 191 Å². The quantitative estimate of drug-likeness (QED) is 0.628. The van der Waals surface area contributed by atoms with E-state index in [1.165, 1.54) is 7.11 Å². The molecule has 166 valence electrons. The Morgan fingerprint density at radius 3 is 2.31 bits per heavy atom. The maximum absolute atomic E-state index is 13.5. The van der Waals surface area contributed by atoms with Crippen LogP contribution in [0.3, 0.4) is 0 Å². The summed E-state index contributed by atoms with van der Waals surface area (Å²) in [6, 6.07) is 10.8. The normalized spacial score (nSPS) is 17.0. The van der Waals surface area contributed by atoms with Crippen molar-refractivity contribution < 1.29 is 23.8 Å². The molecule has 0 saturated carbocycles. The van der Waals surface area contributed by atoms with Crippen LogP contribution in [0.2, 0.25) is 5.02 Å². The van der Waals surface area contributed by atoms with Crippen LogP contribution in [0.15, 0.2) is 53.2 Å². The molecule has 0 radical (unpaired) electrons. The van der Waals surface area contributed by atoms with Crippen molar-refractivity contribution in [2.45, 2.75) is 26.7 Å². The maximum Gasteiger partial charge on any atom is 0.336 e. The van der Waals surface area contributed by atoms with Crippen LogP contribution in [0.5, 0.6) is 11.5 Å². The zero-order chi connectivity index (χ0) is 23.0. The molecule has 0 bridgehead atoms. The minimum absolute atomic E-state index is 0.148. The third kappa shape index (κ3) is 3.45. The summed E-state index contributed by atoms with van der Waals surface area (Å²) in [5.74, 6) is -0.393. The van der Waals surface area contributed by atoms with Crippen molar-refractivity contribution in [2.75, 3.05) is 20.3 Å². The highest BCUT2D eigenvalue weighted by Gasteiger charge is 2.43. The van der Waals surface area contributed by atoms with E-state index in [0.29, 0.717) is 63.4 Å². The number of dihydropyridines is 1. The van der Waals surface area contributed by atoms with E-state index in [9.17, 15) is 9.59 Å². The number of benzene rings is 2. The minimum atomic E-state index is -0.721. The minimum Gasteiger partial charge on any atom is -0.490 e. The lowest BCUT2D eigenvalue weighted by Crippen LogP contribution is -2.29. The van der Waals surface area contributed by atoms with Gasteiger partial charge in [-0.05, 0) is 32.4 Å². The van der Waals surface area contributed by atoms with Crippen molar-refractivity contribution >= 4 is 29.1 Å². The lowest BCUT2D eigenvalue weighted by molar-refractivity contribution is -0.136.